The summed E-state index contributed by atoms with van der Waals surface area (Å²) >= 11 is 1.09. The molecule has 0 spiro atoms. The van der Waals surface area contributed by atoms with Crippen LogP contribution in [0.4, 0.5) is 9.52 Å². The van der Waals surface area contributed by atoms with Crippen molar-refractivity contribution in [2.75, 3.05) is 4.72 Å². The normalized spacial score (nSPS) is 11.3. The first-order valence-electron chi connectivity index (χ1n) is 5.27. The van der Waals surface area contributed by atoms with E-state index in [4.69, 9.17) is 5.11 Å². The third-order valence-corrected chi connectivity index (χ3v) is 4.66. The quantitative estimate of drug-likeness (QED) is 0.900. The summed E-state index contributed by atoms with van der Waals surface area (Å²) in [5, 5.41) is 10.6. The van der Waals surface area contributed by atoms with E-state index in [2.05, 4.69) is 9.71 Å². The summed E-state index contributed by atoms with van der Waals surface area (Å²) in [4.78, 5) is 14.4. The van der Waals surface area contributed by atoms with Crippen LogP contribution in [0.15, 0.2) is 28.5 Å². The highest BCUT2D eigenvalue weighted by atomic mass is 32.2. The first kappa shape index (κ1) is 14.4. The molecule has 106 valence electrons. The number of aromatic carboxylic acids is 1. The molecule has 0 amide bonds. The lowest BCUT2D eigenvalue weighted by Gasteiger charge is -2.06. The molecule has 0 aliphatic heterocycles. The first-order chi connectivity index (χ1) is 9.29. The number of thiazole rings is 1. The number of aromatic nitrogens is 1. The van der Waals surface area contributed by atoms with Gasteiger partial charge in [0.15, 0.2) is 5.13 Å². The summed E-state index contributed by atoms with van der Waals surface area (Å²) in [6.45, 7) is 1.70. The lowest BCUT2D eigenvalue weighted by molar-refractivity contribution is 0.0691. The number of carbonyl (C=O) groups is 1. The van der Waals surface area contributed by atoms with E-state index in [-0.39, 0.29) is 10.0 Å². The van der Waals surface area contributed by atoms with Crippen LogP contribution < -0.4 is 4.72 Å². The Balaban J connectivity index is 2.39. The highest BCUT2D eigenvalue weighted by Crippen LogP contribution is 2.21. The Morgan fingerprint density at radius 3 is 2.70 bits per heavy atom. The zero-order valence-corrected chi connectivity index (χ0v) is 11.8. The fraction of sp³-hybridized carbons (Fsp3) is 0.0909. The molecule has 0 saturated heterocycles. The highest BCUT2D eigenvalue weighted by Gasteiger charge is 2.20. The molecule has 9 heteroatoms. The summed E-state index contributed by atoms with van der Waals surface area (Å²) in [5.74, 6) is -2.54. The number of aryl methyl sites for hydroxylation is 1. The minimum absolute atomic E-state index is 0.156. The van der Waals surface area contributed by atoms with Crippen molar-refractivity contribution in [3.05, 3.63) is 40.7 Å². The smallest absolute Gasteiger partial charge is 0.338 e. The number of carboxylic acids is 1. The molecule has 0 bridgehead atoms. The van der Waals surface area contributed by atoms with Crippen molar-refractivity contribution in [1.82, 2.24) is 4.98 Å². The number of halogens is 1. The van der Waals surface area contributed by atoms with Gasteiger partial charge in [0.05, 0.1) is 16.2 Å². The maximum absolute atomic E-state index is 13.2. The van der Waals surface area contributed by atoms with Crippen molar-refractivity contribution in [3.8, 4) is 0 Å². The first-order valence-corrected chi connectivity index (χ1v) is 7.63. The standard InChI is InChI=1S/C11H9FN2O4S2/c1-6-5-19-11(13-6)14-20(17,18)7-2-3-9(12)8(4-7)10(15)16/h2-5H,1H3,(H,13,14)(H,15,16). The number of nitrogens with one attached hydrogen (secondary N) is 1. The molecule has 1 heterocycles. The van der Waals surface area contributed by atoms with Crippen LogP contribution in [0.1, 0.15) is 16.1 Å². The van der Waals surface area contributed by atoms with E-state index in [1.807, 2.05) is 0 Å². The molecule has 1 aromatic carbocycles. The molecule has 0 unspecified atom stereocenters. The topological polar surface area (TPSA) is 96.4 Å². The van der Waals surface area contributed by atoms with E-state index in [1.54, 1.807) is 12.3 Å². The number of rotatable bonds is 4. The van der Waals surface area contributed by atoms with Crippen molar-refractivity contribution in [1.29, 1.82) is 0 Å². The van der Waals surface area contributed by atoms with E-state index in [1.165, 1.54) is 0 Å². The van der Waals surface area contributed by atoms with Crippen molar-refractivity contribution < 1.29 is 22.7 Å². The Morgan fingerprint density at radius 2 is 2.15 bits per heavy atom. The third kappa shape index (κ3) is 2.94. The number of sulfonamides is 1. The van der Waals surface area contributed by atoms with Crippen molar-refractivity contribution in [2.24, 2.45) is 0 Å². The van der Waals surface area contributed by atoms with E-state index in [9.17, 15) is 17.6 Å². The summed E-state index contributed by atoms with van der Waals surface area (Å²) in [6.07, 6.45) is 0. The maximum atomic E-state index is 13.2. The number of carboxylic acid groups (broad SMARTS) is 1. The largest absolute Gasteiger partial charge is 0.478 e. The van der Waals surface area contributed by atoms with Gasteiger partial charge < -0.3 is 5.11 Å². The van der Waals surface area contributed by atoms with Gasteiger partial charge >= 0.3 is 5.97 Å². The molecule has 2 rings (SSSR count). The Labute approximate surface area is 118 Å². The van der Waals surface area contributed by atoms with Gasteiger partial charge in [-0.05, 0) is 25.1 Å². The van der Waals surface area contributed by atoms with E-state index in [0.29, 0.717) is 5.69 Å². The van der Waals surface area contributed by atoms with Gasteiger partial charge in [-0.1, -0.05) is 0 Å². The molecule has 0 atom stereocenters. The summed E-state index contributed by atoms with van der Waals surface area (Å²) in [7, 11) is -4.00. The molecule has 20 heavy (non-hydrogen) atoms. The van der Waals surface area contributed by atoms with Crippen LogP contribution in [0, 0.1) is 12.7 Å². The van der Waals surface area contributed by atoms with Crippen LogP contribution in [-0.2, 0) is 10.0 Å². The van der Waals surface area contributed by atoms with Gasteiger partial charge in [0, 0.05) is 5.38 Å². The fourth-order valence-corrected chi connectivity index (χ4v) is 3.38. The third-order valence-electron chi connectivity index (χ3n) is 2.32. The maximum Gasteiger partial charge on any atom is 0.338 e. The van der Waals surface area contributed by atoms with Crippen LogP contribution in [0.25, 0.3) is 0 Å². The molecule has 1 aromatic heterocycles. The van der Waals surface area contributed by atoms with Gasteiger partial charge in [-0.2, -0.15) is 0 Å². The Hall–Kier alpha value is -2.00. The van der Waals surface area contributed by atoms with Crippen LogP contribution >= 0.6 is 11.3 Å². The number of hydrogen-bond donors (Lipinski definition) is 2. The lowest BCUT2D eigenvalue weighted by Crippen LogP contribution is -2.14. The highest BCUT2D eigenvalue weighted by molar-refractivity contribution is 7.93. The molecular formula is C11H9FN2O4S2. The van der Waals surface area contributed by atoms with Crippen molar-refractivity contribution >= 4 is 32.5 Å². The number of anilines is 1. The van der Waals surface area contributed by atoms with Gasteiger partial charge in [0.1, 0.15) is 5.82 Å². The predicted molar refractivity (Wildman–Crippen MR) is 71.0 cm³/mol. The molecule has 0 fully saturated rings. The molecule has 6 nitrogen and oxygen atoms in total. The minimum Gasteiger partial charge on any atom is -0.478 e. The second-order valence-corrected chi connectivity index (χ2v) is 6.39. The summed E-state index contributed by atoms with van der Waals surface area (Å²) in [6, 6.07) is 2.55. The molecule has 0 aliphatic rings. The molecule has 0 saturated carbocycles. The summed E-state index contributed by atoms with van der Waals surface area (Å²) in [5.41, 5.74) is -0.0544. The molecule has 0 aliphatic carbocycles. The zero-order valence-electron chi connectivity index (χ0n) is 10.1. The van der Waals surface area contributed by atoms with Crippen LogP contribution in [0.2, 0.25) is 0 Å². The van der Waals surface area contributed by atoms with Gasteiger partial charge in [-0.25, -0.2) is 22.6 Å². The number of nitrogens with zero attached hydrogens (tertiary/aromatic N) is 1. The number of benzene rings is 1. The summed E-state index contributed by atoms with van der Waals surface area (Å²) < 4.78 is 39.5. The Morgan fingerprint density at radius 1 is 1.45 bits per heavy atom. The van der Waals surface area contributed by atoms with Gasteiger partial charge in [-0.15, -0.1) is 11.3 Å². The number of hydrogen-bond acceptors (Lipinski definition) is 5. The van der Waals surface area contributed by atoms with Gasteiger partial charge in [-0.3, -0.25) is 4.72 Å². The van der Waals surface area contributed by atoms with E-state index < -0.39 is 27.4 Å². The molecule has 0 radical (unpaired) electrons. The minimum atomic E-state index is -4.00. The monoisotopic (exact) mass is 316 g/mol. The van der Waals surface area contributed by atoms with Crippen LogP contribution in [0.3, 0.4) is 0 Å². The molecule has 2 N–H and O–H groups in total. The lowest BCUT2D eigenvalue weighted by atomic mass is 10.2. The molecule has 2 aromatic rings. The van der Waals surface area contributed by atoms with Crippen LogP contribution in [0.5, 0.6) is 0 Å². The Bertz CT molecular complexity index is 770. The van der Waals surface area contributed by atoms with Crippen molar-refractivity contribution in [3.63, 3.8) is 0 Å². The van der Waals surface area contributed by atoms with Crippen molar-refractivity contribution in [2.45, 2.75) is 11.8 Å². The molecular weight excluding hydrogens is 307 g/mol. The second-order valence-electron chi connectivity index (χ2n) is 3.85. The van der Waals surface area contributed by atoms with Gasteiger partial charge in [0.25, 0.3) is 10.0 Å². The van der Waals surface area contributed by atoms with E-state index >= 15 is 0 Å². The van der Waals surface area contributed by atoms with Crippen LogP contribution in [-0.4, -0.2) is 24.5 Å². The second kappa shape index (κ2) is 5.17. The average Bonchev–Trinajstić information content (AvgIpc) is 2.73. The van der Waals surface area contributed by atoms with Gasteiger partial charge in [0.2, 0.25) is 0 Å². The Kier molecular flexibility index (Phi) is 3.73. The van der Waals surface area contributed by atoms with E-state index in [0.717, 1.165) is 29.5 Å². The fourth-order valence-electron chi connectivity index (χ4n) is 1.41. The predicted octanol–water partition coefficient (Wildman–Crippen LogP) is 2.09. The average molecular weight is 316 g/mol. The SMILES string of the molecule is Cc1csc(NS(=O)(=O)c2ccc(F)c(C(=O)O)c2)n1. The zero-order chi connectivity index (χ0) is 14.9.